The molecule has 0 aromatic carbocycles. The summed E-state index contributed by atoms with van der Waals surface area (Å²) >= 11 is 2.01. The molecule has 1 fully saturated rings. The number of nitriles is 1. The normalized spacial score (nSPS) is 20.3. The zero-order chi connectivity index (χ0) is 7.23. The van der Waals surface area contributed by atoms with Gasteiger partial charge < -0.3 is 5.32 Å². The van der Waals surface area contributed by atoms with E-state index in [0.29, 0.717) is 12.6 Å². The zero-order valence-electron chi connectivity index (χ0n) is 5.97. The molecule has 3 heteroatoms. The van der Waals surface area contributed by atoms with Crippen LogP contribution in [0.1, 0.15) is 12.8 Å². The number of rotatable bonds is 2. The minimum absolute atomic E-state index is 0.509. The minimum atomic E-state index is 0.509. The molecule has 0 saturated carbocycles. The average molecular weight is 156 g/mol. The summed E-state index contributed by atoms with van der Waals surface area (Å²) in [6.45, 7) is 0.509. The molecule has 0 spiro atoms. The molecule has 1 saturated heterocycles. The van der Waals surface area contributed by atoms with E-state index in [1.807, 2.05) is 11.8 Å². The van der Waals surface area contributed by atoms with Gasteiger partial charge in [-0.15, -0.1) is 0 Å². The van der Waals surface area contributed by atoms with Crippen LogP contribution in [0.15, 0.2) is 0 Å². The van der Waals surface area contributed by atoms with Crippen LogP contribution in [0.4, 0.5) is 0 Å². The Balaban J connectivity index is 2.09. The van der Waals surface area contributed by atoms with Gasteiger partial charge in [0.05, 0.1) is 12.6 Å². The number of nitrogens with one attached hydrogen (secondary N) is 1. The molecule has 1 heterocycles. The van der Waals surface area contributed by atoms with E-state index in [1.54, 1.807) is 0 Å². The van der Waals surface area contributed by atoms with Crippen LogP contribution >= 0.6 is 11.8 Å². The smallest absolute Gasteiger partial charge is 0.0843 e. The van der Waals surface area contributed by atoms with Gasteiger partial charge in [0.1, 0.15) is 0 Å². The Morgan fingerprint density at radius 2 is 2.20 bits per heavy atom. The van der Waals surface area contributed by atoms with Gasteiger partial charge in [-0.3, -0.25) is 0 Å². The van der Waals surface area contributed by atoms with Gasteiger partial charge in [0, 0.05) is 6.04 Å². The topological polar surface area (TPSA) is 35.8 Å². The lowest BCUT2D eigenvalue weighted by Gasteiger charge is -2.20. The second-order valence-corrected chi connectivity index (χ2v) is 3.65. The van der Waals surface area contributed by atoms with Crippen LogP contribution in [0.2, 0.25) is 0 Å². The van der Waals surface area contributed by atoms with Crippen molar-refractivity contribution in [2.45, 2.75) is 18.9 Å². The molecule has 0 bridgehead atoms. The Morgan fingerprint density at radius 1 is 1.50 bits per heavy atom. The van der Waals surface area contributed by atoms with Crippen molar-refractivity contribution in [1.29, 1.82) is 5.26 Å². The van der Waals surface area contributed by atoms with Crippen molar-refractivity contribution < 1.29 is 0 Å². The summed E-state index contributed by atoms with van der Waals surface area (Å²) in [5.74, 6) is 2.51. The van der Waals surface area contributed by atoms with Crippen molar-refractivity contribution in [2.75, 3.05) is 18.1 Å². The van der Waals surface area contributed by atoms with Gasteiger partial charge in [0.2, 0.25) is 0 Å². The van der Waals surface area contributed by atoms with Gasteiger partial charge in [-0.2, -0.15) is 17.0 Å². The highest BCUT2D eigenvalue weighted by atomic mass is 32.2. The van der Waals surface area contributed by atoms with Crippen LogP contribution in [-0.4, -0.2) is 24.1 Å². The van der Waals surface area contributed by atoms with Gasteiger partial charge in [-0.05, 0) is 24.3 Å². The number of nitrogens with zero attached hydrogens (tertiary/aromatic N) is 1. The van der Waals surface area contributed by atoms with Crippen molar-refractivity contribution in [3.8, 4) is 6.07 Å². The van der Waals surface area contributed by atoms with Crippen LogP contribution < -0.4 is 5.32 Å². The standard InChI is InChI=1S/C7H12N2S/c8-3-4-9-7-1-5-10-6-2-7/h7,9H,1-2,4-6H2. The molecule has 10 heavy (non-hydrogen) atoms. The van der Waals surface area contributed by atoms with Gasteiger partial charge in [0.15, 0.2) is 0 Å². The van der Waals surface area contributed by atoms with E-state index in [-0.39, 0.29) is 0 Å². The molecule has 56 valence electrons. The number of hydrogen-bond acceptors (Lipinski definition) is 3. The lowest BCUT2D eigenvalue weighted by molar-refractivity contribution is 0.510. The summed E-state index contributed by atoms with van der Waals surface area (Å²) in [5.41, 5.74) is 0. The summed E-state index contributed by atoms with van der Waals surface area (Å²) in [6.07, 6.45) is 2.46. The molecule has 1 N–H and O–H groups in total. The van der Waals surface area contributed by atoms with E-state index >= 15 is 0 Å². The highest BCUT2D eigenvalue weighted by Crippen LogP contribution is 2.16. The predicted octanol–water partition coefficient (Wildman–Crippen LogP) is 0.995. The van der Waals surface area contributed by atoms with E-state index in [9.17, 15) is 0 Å². The highest BCUT2D eigenvalue weighted by Gasteiger charge is 2.11. The molecular formula is C7H12N2S. The summed E-state index contributed by atoms with van der Waals surface area (Å²) in [6, 6.07) is 2.71. The first-order valence-electron chi connectivity index (χ1n) is 3.61. The molecule has 0 atom stereocenters. The van der Waals surface area contributed by atoms with E-state index in [0.717, 1.165) is 0 Å². The third-order valence-corrected chi connectivity index (χ3v) is 2.74. The maximum atomic E-state index is 8.28. The molecule has 0 aromatic rings. The molecule has 0 aliphatic carbocycles. The third-order valence-electron chi connectivity index (χ3n) is 1.69. The van der Waals surface area contributed by atoms with E-state index in [1.165, 1.54) is 24.3 Å². The molecule has 1 aliphatic rings. The second kappa shape index (κ2) is 4.59. The van der Waals surface area contributed by atoms with E-state index < -0.39 is 0 Å². The highest BCUT2D eigenvalue weighted by molar-refractivity contribution is 7.99. The lowest BCUT2D eigenvalue weighted by atomic mass is 10.1. The Morgan fingerprint density at radius 3 is 2.80 bits per heavy atom. The van der Waals surface area contributed by atoms with Crippen molar-refractivity contribution in [3.63, 3.8) is 0 Å². The molecule has 1 aliphatic heterocycles. The SMILES string of the molecule is N#CCNC1CCSCC1. The number of thioether (sulfide) groups is 1. The van der Waals surface area contributed by atoms with Crippen molar-refractivity contribution in [3.05, 3.63) is 0 Å². The molecule has 0 unspecified atom stereocenters. The van der Waals surface area contributed by atoms with Crippen molar-refractivity contribution in [1.82, 2.24) is 5.32 Å². The zero-order valence-corrected chi connectivity index (χ0v) is 6.78. The fraction of sp³-hybridized carbons (Fsp3) is 0.857. The summed E-state index contributed by atoms with van der Waals surface area (Å²) < 4.78 is 0. The summed E-state index contributed by atoms with van der Waals surface area (Å²) in [7, 11) is 0. The molecule has 0 aromatic heterocycles. The Hall–Kier alpha value is -0.200. The van der Waals surface area contributed by atoms with Gasteiger partial charge in [0.25, 0.3) is 0 Å². The molecule has 0 radical (unpaired) electrons. The van der Waals surface area contributed by atoms with Crippen molar-refractivity contribution >= 4 is 11.8 Å². The monoisotopic (exact) mass is 156 g/mol. The van der Waals surface area contributed by atoms with E-state index in [4.69, 9.17) is 5.26 Å². The maximum Gasteiger partial charge on any atom is 0.0843 e. The lowest BCUT2D eigenvalue weighted by Crippen LogP contribution is -2.32. The third kappa shape index (κ3) is 2.59. The van der Waals surface area contributed by atoms with Crippen LogP contribution in [0, 0.1) is 11.3 Å². The fourth-order valence-corrected chi connectivity index (χ4v) is 2.20. The molecule has 1 rings (SSSR count). The van der Waals surface area contributed by atoms with Crippen LogP contribution in [-0.2, 0) is 0 Å². The first-order chi connectivity index (χ1) is 4.93. The van der Waals surface area contributed by atoms with Crippen LogP contribution in [0.3, 0.4) is 0 Å². The van der Waals surface area contributed by atoms with Gasteiger partial charge in [-0.1, -0.05) is 0 Å². The van der Waals surface area contributed by atoms with Crippen molar-refractivity contribution in [2.24, 2.45) is 0 Å². The van der Waals surface area contributed by atoms with Gasteiger partial charge in [-0.25, -0.2) is 0 Å². The number of hydrogen-bond donors (Lipinski definition) is 1. The van der Waals surface area contributed by atoms with Gasteiger partial charge >= 0.3 is 0 Å². The van der Waals surface area contributed by atoms with Crippen LogP contribution in [0.25, 0.3) is 0 Å². The maximum absolute atomic E-state index is 8.28. The summed E-state index contributed by atoms with van der Waals surface area (Å²) in [5, 5.41) is 11.5. The fourth-order valence-electron chi connectivity index (χ4n) is 1.09. The average Bonchev–Trinajstić information content (AvgIpc) is 2.03. The Kier molecular flexibility index (Phi) is 3.63. The van der Waals surface area contributed by atoms with Crippen LogP contribution in [0.5, 0.6) is 0 Å². The molecular weight excluding hydrogens is 144 g/mol. The Bertz CT molecular complexity index is 124. The molecule has 2 nitrogen and oxygen atoms in total. The Labute approximate surface area is 66.0 Å². The summed E-state index contributed by atoms with van der Waals surface area (Å²) in [4.78, 5) is 0. The first-order valence-corrected chi connectivity index (χ1v) is 4.77. The minimum Gasteiger partial charge on any atom is -0.302 e. The second-order valence-electron chi connectivity index (χ2n) is 2.43. The quantitative estimate of drug-likeness (QED) is 0.606. The molecule has 0 amide bonds. The van der Waals surface area contributed by atoms with E-state index in [2.05, 4.69) is 11.4 Å². The predicted molar refractivity (Wildman–Crippen MR) is 44.0 cm³/mol. The first kappa shape index (κ1) is 7.90. The largest absolute Gasteiger partial charge is 0.302 e.